The summed E-state index contributed by atoms with van der Waals surface area (Å²) in [5.41, 5.74) is 1.17. The van der Waals surface area contributed by atoms with Crippen molar-refractivity contribution >= 4 is 27.5 Å². The smallest absolute Gasteiger partial charge is 0.348 e. The van der Waals surface area contributed by atoms with E-state index in [-0.39, 0.29) is 12.2 Å². The van der Waals surface area contributed by atoms with Crippen LogP contribution < -0.4 is 5.56 Å². The Bertz CT molecular complexity index is 1150. The number of H-pyrrole nitrogens is 1. The third kappa shape index (κ3) is 4.76. The van der Waals surface area contributed by atoms with E-state index >= 15 is 0 Å². The zero-order valence-corrected chi connectivity index (χ0v) is 18.2. The van der Waals surface area contributed by atoms with E-state index in [4.69, 9.17) is 4.74 Å². The Morgan fingerprint density at radius 3 is 2.84 bits per heavy atom. The van der Waals surface area contributed by atoms with Crippen molar-refractivity contribution in [1.82, 2.24) is 14.9 Å². The van der Waals surface area contributed by atoms with Gasteiger partial charge in [0.1, 0.15) is 22.1 Å². The maximum atomic E-state index is 12.8. The Hall–Kier alpha value is -2.81. The number of benzene rings is 1. The highest BCUT2D eigenvalue weighted by Crippen LogP contribution is 2.31. The molecule has 2 heterocycles. The molecule has 1 fully saturated rings. The molecular formula is C23H25N3O4S. The molecule has 0 saturated heterocycles. The van der Waals surface area contributed by atoms with Gasteiger partial charge in [0.2, 0.25) is 0 Å². The van der Waals surface area contributed by atoms with Crippen molar-refractivity contribution in [2.24, 2.45) is 0 Å². The second-order valence-corrected chi connectivity index (χ2v) is 8.72. The molecule has 1 saturated carbocycles. The number of thiophene rings is 1. The van der Waals surface area contributed by atoms with Crippen LogP contribution in [0.3, 0.4) is 0 Å². The molecule has 1 aromatic carbocycles. The molecule has 0 aliphatic heterocycles. The number of rotatable bonds is 9. The normalized spacial score (nSPS) is 14.7. The SMILES string of the molecule is C=CCOC(=O)c1sc2nc(CN(CC(O)c3ccccc3)C3CC3)[nH]c(=O)c2c1C. The summed E-state index contributed by atoms with van der Waals surface area (Å²) in [6.45, 7) is 6.26. The number of aliphatic hydroxyl groups excluding tert-OH is 1. The van der Waals surface area contributed by atoms with Crippen molar-refractivity contribution in [2.45, 2.75) is 38.5 Å². The Morgan fingerprint density at radius 2 is 2.16 bits per heavy atom. The van der Waals surface area contributed by atoms with E-state index in [1.807, 2.05) is 30.3 Å². The predicted molar refractivity (Wildman–Crippen MR) is 120 cm³/mol. The zero-order chi connectivity index (χ0) is 22.0. The molecule has 3 aromatic rings. The number of aryl methyl sites for hydroxylation is 1. The second-order valence-electron chi connectivity index (χ2n) is 7.72. The highest BCUT2D eigenvalue weighted by atomic mass is 32.1. The van der Waals surface area contributed by atoms with Gasteiger partial charge in [-0.2, -0.15) is 0 Å². The van der Waals surface area contributed by atoms with Gasteiger partial charge in [-0.1, -0.05) is 43.0 Å². The molecule has 7 nitrogen and oxygen atoms in total. The van der Waals surface area contributed by atoms with E-state index in [0.29, 0.717) is 45.6 Å². The average Bonchev–Trinajstić information content (AvgIpc) is 3.55. The molecule has 0 bridgehead atoms. The fraction of sp³-hybridized carbons (Fsp3) is 0.348. The van der Waals surface area contributed by atoms with Crippen LogP contribution in [0.4, 0.5) is 0 Å². The van der Waals surface area contributed by atoms with Gasteiger partial charge in [-0.3, -0.25) is 9.69 Å². The molecule has 2 N–H and O–H groups in total. The molecule has 1 atom stereocenters. The van der Waals surface area contributed by atoms with Gasteiger partial charge in [0.25, 0.3) is 5.56 Å². The van der Waals surface area contributed by atoms with Crippen LogP contribution in [0.25, 0.3) is 10.2 Å². The van der Waals surface area contributed by atoms with Gasteiger partial charge in [0, 0.05) is 12.6 Å². The molecular weight excluding hydrogens is 414 g/mol. The summed E-state index contributed by atoms with van der Waals surface area (Å²) in [5.74, 6) is 0.0452. The summed E-state index contributed by atoms with van der Waals surface area (Å²) < 4.78 is 5.13. The lowest BCUT2D eigenvalue weighted by atomic mass is 10.1. The van der Waals surface area contributed by atoms with Crippen LogP contribution in [0, 0.1) is 6.92 Å². The van der Waals surface area contributed by atoms with Gasteiger partial charge >= 0.3 is 5.97 Å². The minimum Gasteiger partial charge on any atom is -0.457 e. The number of aliphatic hydroxyl groups is 1. The molecule has 1 unspecified atom stereocenters. The Morgan fingerprint density at radius 1 is 1.42 bits per heavy atom. The van der Waals surface area contributed by atoms with Crippen molar-refractivity contribution < 1.29 is 14.6 Å². The summed E-state index contributed by atoms with van der Waals surface area (Å²) >= 11 is 1.16. The van der Waals surface area contributed by atoms with Gasteiger partial charge < -0.3 is 14.8 Å². The number of hydrogen-bond acceptors (Lipinski definition) is 7. The fourth-order valence-corrected chi connectivity index (χ4v) is 4.73. The summed E-state index contributed by atoms with van der Waals surface area (Å²) in [6.07, 6.45) is 3.00. The Balaban J connectivity index is 1.57. The number of fused-ring (bicyclic) bond motifs is 1. The third-order valence-electron chi connectivity index (χ3n) is 5.38. The van der Waals surface area contributed by atoms with E-state index in [9.17, 15) is 14.7 Å². The summed E-state index contributed by atoms with van der Waals surface area (Å²) in [6, 6.07) is 9.91. The highest BCUT2D eigenvalue weighted by Gasteiger charge is 2.31. The minimum absolute atomic E-state index is 0.113. The van der Waals surface area contributed by atoms with E-state index in [1.165, 1.54) is 6.08 Å². The van der Waals surface area contributed by atoms with Crippen LogP contribution in [0.2, 0.25) is 0 Å². The number of ether oxygens (including phenoxy) is 1. The first-order chi connectivity index (χ1) is 15.0. The predicted octanol–water partition coefficient (Wildman–Crippen LogP) is 3.33. The molecule has 31 heavy (non-hydrogen) atoms. The number of nitrogens with zero attached hydrogens (tertiary/aromatic N) is 2. The van der Waals surface area contributed by atoms with Gasteiger partial charge in [-0.25, -0.2) is 9.78 Å². The lowest BCUT2D eigenvalue weighted by Gasteiger charge is -2.24. The first-order valence-electron chi connectivity index (χ1n) is 10.2. The van der Waals surface area contributed by atoms with Crippen molar-refractivity contribution in [3.05, 3.63) is 75.2 Å². The highest BCUT2D eigenvalue weighted by molar-refractivity contribution is 7.20. The standard InChI is InChI=1S/C23H25N3O4S/c1-3-11-30-23(29)20-14(2)19-21(28)24-18(25-22(19)31-20)13-26(16-9-10-16)12-17(27)15-7-5-4-6-8-15/h3-8,16-17,27H,1,9-13H2,2H3,(H,24,25,28). The number of aromatic amines is 1. The summed E-state index contributed by atoms with van der Waals surface area (Å²) in [7, 11) is 0. The first-order valence-corrected chi connectivity index (χ1v) is 11.1. The number of esters is 1. The molecule has 0 amide bonds. The van der Waals surface area contributed by atoms with E-state index in [0.717, 1.165) is 29.7 Å². The topological polar surface area (TPSA) is 95.5 Å². The maximum absolute atomic E-state index is 12.8. The number of nitrogens with one attached hydrogen (secondary N) is 1. The largest absolute Gasteiger partial charge is 0.457 e. The number of carbonyl (C=O) groups is 1. The van der Waals surface area contributed by atoms with Crippen LogP contribution >= 0.6 is 11.3 Å². The lowest BCUT2D eigenvalue weighted by molar-refractivity contribution is 0.0555. The van der Waals surface area contributed by atoms with Crippen LogP contribution in [0.15, 0.2) is 47.8 Å². The fourth-order valence-electron chi connectivity index (χ4n) is 3.64. The van der Waals surface area contributed by atoms with Crippen LogP contribution in [0.5, 0.6) is 0 Å². The van der Waals surface area contributed by atoms with Gasteiger partial charge in [-0.15, -0.1) is 11.3 Å². The number of carbonyl (C=O) groups excluding carboxylic acids is 1. The number of hydrogen-bond donors (Lipinski definition) is 2. The van der Waals surface area contributed by atoms with Crippen molar-refractivity contribution in [1.29, 1.82) is 0 Å². The second kappa shape index (κ2) is 9.13. The third-order valence-corrected chi connectivity index (χ3v) is 6.54. The van der Waals surface area contributed by atoms with Gasteiger partial charge in [-0.05, 0) is 30.9 Å². The Labute approximate surface area is 184 Å². The quantitative estimate of drug-likeness (QED) is 0.392. The minimum atomic E-state index is -0.618. The van der Waals surface area contributed by atoms with Crippen LogP contribution in [0.1, 0.15) is 45.6 Å². The lowest BCUT2D eigenvalue weighted by Crippen LogP contribution is -2.32. The molecule has 2 aromatic heterocycles. The first kappa shape index (κ1) is 21.4. The van der Waals surface area contributed by atoms with Gasteiger partial charge in [0.05, 0.1) is 18.0 Å². The van der Waals surface area contributed by atoms with E-state index in [1.54, 1.807) is 6.92 Å². The molecule has 0 radical (unpaired) electrons. The van der Waals surface area contributed by atoms with Gasteiger partial charge in [0.15, 0.2) is 0 Å². The number of aromatic nitrogens is 2. The molecule has 1 aliphatic rings. The Kier molecular flexibility index (Phi) is 6.31. The monoisotopic (exact) mass is 439 g/mol. The summed E-state index contributed by atoms with van der Waals surface area (Å²) in [5, 5.41) is 11.1. The van der Waals surface area contributed by atoms with Crippen molar-refractivity contribution in [3.8, 4) is 0 Å². The van der Waals surface area contributed by atoms with Crippen LogP contribution in [-0.4, -0.2) is 45.1 Å². The molecule has 162 valence electrons. The molecule has 1 aliphatic carbocycles. The maximum Gasteiger partial charge on any atom is 0.348 e. The summed E-state index contributed by atoms with van der Waals surface area (Å²) in [4.78, 5) is 35.6. The molecule has 0 spiro atoms. The van der Waals surface area contributed by atoms with Crippen molar-refractivity contribution in [3.63, 3.8) is 0 Å². The molecule has 4 rings (SSSR count). The average molecular weight is 440 g/mol. The van der Waals surface area contributed by atoms with E-state index in [2.05, 4.69) is 21.4 Å². The van der Waals surface area contributed by atoms with E-state index < -0.39 is 12.1 Å². The van der Waals surface area contributed by atoms with Crippen molar-refractivity contribution in [2.75, 3.05) is 13.2 Å². The molecule has 8 heteroatoms. The van der Waals surface area contributed by atoms with Crippen LogP contribution in [-0.2, 0) is 11.3 Å². The zero-order valence-electron chi connectivity index (χ0n) is 17.3.